The normalized spacial score (nSPS) is 22.1. The van der Waals surface area contributed by atoms with Crippen molar-refractivity contribution in [3.8, 4) is 5.75 Å². The lowest BCUT2D eigenvalue weighted by Gasteiger charge is -2.28. The fourth-order valence-corrected chi connectivity index (χ4v) is 3.24. The van der Waals surface area contributed by atoms with E-state index >= 15 is 0 Å². The third-order valence-corrected chi connectivity index (χ3v) is 4.86. The van der Waals surface area contributed by atoms with E-state index in [-0.39, 0.29) is 18.0 Å². The highest BCUT2D eigenvalue weighted by Gasteiger charge is 2.28. The second-order valence-electron chi connectivity index (χ2n) is 6.52. The standard InChI is InChI=1S/C20H24O4/c1-13(20(22)24-19-6-4-3-5-18(19)21)14-7-8-16-12-17(23-2)10-9-15(16)11-14/h7-13,18-19,21H,3-6H2,1-2H3/t13-,18-,19?/m0/s1. The molecular formula is C20H24O4. The number of rotatable bonds is 4. The van der Waals surface area contributed by atoms with Gasteiger partial charge in [-0.05, 0) is 54.7 Å². The molecular weight excluding hydrogens is 304 g/mol. The highest BCUT2D eigenvalue weighted by Crippen LogP contribution is 2.27. The molecule has 4 nitrogen and oxygen atoms in total. The Hall–Kier alpha value is -2.07. The van der Waals surface area contributed by atoms with Gasteiger partial charge in [0, 0.05) is 0 Å². The number of benzene rings is 2. The first-order valence-corrected chi connectivity index (χ1v) is 8.55. The van der Waals surface area contributed by atoms with Crippen molar-refractivity contribution in [2.75, 3.05) is 7.11 Å². The molecule has 0 aliphatic heterocycles. The van der Waals surface area contributed by atoms with E-state index in [0.717, 1.165) is 41.3 Å². The van der Waals surface area contributed by atoms with Crippen LogP contribution in [0.5, 0.6) is 5.75 Å². The fourth-order valence-electron chi connectivity index (χ4n) is 3.24. The van der Waals surface area contributed by atoms with Crippen LogP contribution in [0.1, 0.15) is 44.1 Å². The number of carbonyl (C=O) groups is 1. The monoisotopic (exact) mass is 328 g/mol. The van der Waals surface area contributed by atoms with E-state index in [2.05, 4.69) is 0 Å². The number of hydrogen-bond donors (Lipinski definition) is 1. The Morgan fingerprint density at radius 3 is 2.58 bits per heavy atom. The van der Waals surface area contributed by atoms with Gasteiger partial charge in [0.25, 0.3) is 0 Å². The van der Waals surface area contributed by atoms with E-state index in [1.165, 1.54) is 0 Å². The van der Waals surface area contributed by atoms with Crippen LogP contribution in [0.4, 0.5) is 0 Å². The maximum absolute atomic E-state index is 12.4. The number of hydrogen-bond acceptors (Lipinski definition) is 4. The summed E-state index contributed by atoms with van der Waals surface area (Å²) < 4.78 is 10.8. The second-order valence-corrected chi connectivity index (χ2v) is 6.52. The molecule has 0 radical (unpaired) electrons. The van der Waals surface area contributed by atoms with Gasteiger partial charge >= 0.3 is 5.97 Å². The molecule has 1 aliphatic carbocycles. The zero-order valence-electron chi connectivity index (χ0n) is 14.2. The van der Waals surface area contributed by atoms with Crippen molar-refractivity contribution in [1.29, 1.82) is 0 Å². The fraction of sp³-hybridized carbons (Fsp3) is 0.450. The van der Waals surface area contributed by atoms with Gasteiger partial charge in [-0.2, -0.15) is 0 Å². The Kier molecular flexibility index (Phi) is 5.05. The van der Waals surface area contributed by atoms with E-state index in [0.29, 0.717) is 6.42 Å². The van der Waals surface area contributed by atoms with E-state index in [1.54, 1.807) is 7.11 Å². The van der Waals surface area contributed by atoms with Crippen molar-refractivity contribution >= 4 is 16.7 Å². The maximum Gasteiger partial charge on any atom is 0.313 e. The summed E-state index contributed by atoms with van der Waals surface area (Å²) in [5, 5.41) is 12.1. The minimum atomic E-state index is -0.529. The zero-order chi connectivity index (χ0) is 17.1. The van der Waals surface area contributed by atoms with Crippen LogP contribution in [0.25, 0.3) is 10.8 Å². The van der Waals surface area contributed by atoms with Crippen LogP contribution in [0.2, 0.25) is 0 Å². The molecule has 1 fully saturated rings. The van der Waals surface area contributed by atoms with Gasteiger partial charge in [-0.1, -0.05) is 30.7 Å². The van der Waals surface area contributed by atoms with Gasteiger partial charge in [-0.15, -0.1) is 0 Å². The molecule has 0 saturated heterocycles. The summed E-state index contributed by atoms with van der Waals surface area (Å²) in [7, 11) is 1.65. The first-order chi connectivity index (χ1) is 11.6. The van der Waals surface area contributed by atoms with Gasteiger partial charge in [0.1, 0.15) is 11.9 Å². The number of fused-ring (bicyclic) bond motifs is 1. The topological polar surface area (TPSA) is 55.8 Å². The van der Waals surface area contributed by atoms with Crippen molar-refractivity contribution in [3.63, 3.8) is 0 Å². The van der Waals surface area contributed by atoms with Gasteiger partial charge in [-0.25, -0.2) is 0 Å². The van der Waals surface area contributed by atoms with Crippen LogP contribution in [-0.4, -0.2) is 30.4 Å². The molecule has 0 spiro atoms. The SMILES string of the molecule is COc1ccc2cc([C@H](C)C(=O)OC3CCCC[C@@H]3O)ccc2c1. The Labute approximate surface area is 142 Å². The lowest BCUT2D eigenvalue weighted by Crippen LogP contribution is -2.35. The van der Waals surface area contributed by atoms with E-state index in [1.807, 2.05) is 43.3 Å². The molecule has 0 heterocycles. The molecule has 2 aromatic rings. The smallest absolute Gasteiger partial charge is 0.313 e. The first kappa shape index (κ1) is 16.8. The van der Waals surface area contributed by atoms with Crippen LogP contribution in [-0.2, 0) is 9.53 Å². The number of methoxy groups -OCH3 is 1. The third kappa shape index (κ3) is 3.54. The highest BCUT2D eigenvalue weighted by molar-refractivity contribution is 5.86. The molecule has 3 rings (SSSR count). The Morgan fingerprint density at radius 2 is 1.83 bits per heavy atom. The largest absolute Gasteiger partial charge is 0.497 e. The summed E-state index contributed by atoms with van der Waals surface area (Å²) in [4.78, 5) is 12.4. The van der Waals surface area contributed by atoms with E-state index in [4.69, 9.17) is 9.47 Å². The van der Waals surface area contributed by atoms with E-state index < -0.39 is 6.10 Å². The predicted molar refractivity (Wildman–Crippen MR) is 93.3 cm³/mol. The van der Waals surface area contributed by atoms with Gasteiger partial charge in [0.05, 0.1) is 19.1 Å². The lowest BCUT2D eigenvalue weighted by molar-refractivity contribution is -0.159. The zero-order valence-corrected chi connectivity index (χ0v) is 14.2. The minimum absolute atomic E-state index is 0.270. The first-order valence-electron chi connectivity index (χ1n) is 8.55. The van der Waals surface area contributed by atoms with Crippen LogP contribution < -0.4 is 4.74 Å². The Morgan fingerprint density at radius 1 is 1.12 bits per heavy atom. The van der Waals surface area contributed by atoms with Crippen molar-refractivity contribution in [2.45, 2.75) is 50.7 Å². The molecule has 2 aromatic carbocycles. The summed E-state index contributed by atoms with van der Waals surface area (Å²) in [6.07, 6.45) is 2.57. The van der Waals surface area contributed by atoms with Crippen molar-refractivity contribution < 1.29 is 19.4 Å². The van der Waals surface area contributed by atoms with Gasteiger partial charge in [0.2, 0.25) is 0 Å². The average molecular weight is 328 g/mol. The molecule has 1 aliphatic rings. The van der Waals surface area contributed by atoms with Gasteiger partial charge in [-0.3, -0.25) is 4.79 Å². The van der Waals surface area contributed by atoms with Crippen LogP contribution >= 0.6 is 0 Å². The maximum atomic E-state index is 12.4. The summed E-state index contributed by atoms with van der Waals surface area (Å²) >= 11 is 0. The summed E-state index contributed by atoms with van der Waals surface area (Å²) in [5.74, 6) is 0.188. The summed E-state index contributed by atoms with van der Waals surface area (Å²) in [6.45, 7) is 1.85. The molecule has 3 atom stereocenters. The van der Waals surface area contributed by atoms with Crippen LogP contribution in [0.15, 0.2) is 36.4 Å². The molecule has 24 heavy (non-hydrogen) atoms. The van der Waals surface area contributed by atoms with Crippen molar-refractivity contribution in [3.05, 3.63) is 42.0 Å². The number of carbonyl (C=O) groups excluding carboxylic acids is 1. The lowest BCUT2D eigenvalue weighted by atomic mass is 9.94. The van der Waals surface area contributed by atoms with Gasteiger partial charge in [0.15, 0.2) is 0 Å². The minimum Gasteiger partial charge on any atom is -0.497 e. The summed E-state index contributed by atoms with van der Waals surface area (Å²) in [5.41, 5.74) is 0.919. The highest BCUT2D eigenvalue weighted by atomic mass is 16.6. The number of aliphatic hydroxyl groups excluding tert-OH is 1. The quantitative estimate of drug-likeness (QED) is 0.868. The molecule has 1 saturated carbocycles. The van der Waals surface area contributed by atoms with Crippen LogP contribution in [0, 0.1) is 0 Å². The molecule has 128 valence electrons. The average Bonchev–Trinajstić information content (AvgIpc) is 2.62. The molecule has 1 unspecified atom stereocenters. The summed E-state index contributed by atoms with van der Waals surface area (Å²) in [6, 6.07) is 11.8. The molecule has 4 heteroatoms. The van der Waals surface area contributed by atoms with Crippen molar-refractivity contribution in [2.24, 2.45) is 0 Å². The van der Waals surface area contributed by atoms with Crippen molar-refractivity contribution in [1.82, 2.24) is 0 Å². The predicted octanol–water partition coefficient (Wildman–Crippen LogP) is 3.80. The second kappa shape index (κ2) is 7.22. The van der Waals surface area contributed by atoms with E-state index in [9.17, 15) is 9.90 Å². The number of aliphatic hydroxyl groups is 1. The molecule has 0 amide bonds. The number of ether oxygens (including phenoxy) is 2. The molecule has 1 N–H and O–H groups in total. The molecule has 0 bridgehead atoms. The Bertz CT molecular complexity index is 725. The molecule has 0 aromatic heterocycles. The third-order valence-electron chi connectivity index (χ3n) is 4.86. The Balaban J connectivity index is 1.74. The van der Waals surface area contributed by atoms with Gasteiger partial charge < -0.3 is 14.6 Å². The number of esters is 1. The van der Waals surface area contributed by atoms with Crippen LogP contribution in [0.3, 0.4) is 0 Å².